The number of aryl methyl sites for hydroxylation is 2. The lowest BCUT2D eigenvalue weighted by atomic mass is 10.1. The third-order valence-electron chi connectivity index (χ3n) is 5.13. The number of benzene rings is 1. The molecular formula is C20H24N6O. The van der Waals surface area contributed by atoms with Crippen molar-refractivity contribution in [2.45, 2.75) is 20.4 Å². The van der Waals surface area contributed by atoms with Crippen molar-refractivity contribution in [3.63, 3.8) is 0 Å². The van der Waals surface area contributed by atoms with E-state index in [9.17, 15) is 4.79 Å². The maximum absolute atomic E-state index is 12.5. The SMILES string of the molecule is Cc1cc2nc(CNC(=O)N3CCN(c4cccnc4)CC3)[nH]c2cc1C. The normalized spacial score (nSPS) is 14.6. The van der Waals surface area contributed by atoms with Gasteiger partial charge in [0.25, 0.3) is 0 Å². The van der Waals surface area contributed by atoms with E-state index < -0.39 is 0 Å². The van der Waals surface area contributed by atoms with E-state index in [1.165, 1.54) is 11.1 Å². The van der Waals surface area contributed by atoms with Crippen LogP contribution in [-0.4, -0.2) is 52.1 Å². The van der Waals surface area contributed by atoms with Gasteiger partial charge in [0.15, 0.2) is 0 Å². The molecular weight excluding hydrogens is 340 g/mol. The fourth-order valence-electron chi connectivity index (χ4n) is 3.39. The Morgan fingerprint density at radius 3 is 2.70 bits per heavy atom. The van der Waals surface area contributed by atoms with Crippen molar-refractivity contribution in [2.24, 2.45) is 0 Å². The molecule has 1 aromatic carbocycles. The average molecular weight is 364 g/mol. The molecule has 1 aliphatic heterocycles. The molecule has 7 nitrogen and oxygen atoms in total. The van der Waals surface area contributed by atoms with Crippen LogP contribution in [0.5, 0.6) is 0 Å². The van der Waals surface area contributed by atoms with Crippen molar-refractivity contribution < 1.29 is 4.79 Å². The molecule has 0 aliphatic carbocycles. The molecule has 0 spiro atoms. The molecule has 3 aromatic rings. The fourth-order valence-corrected chi connectivity index (χ4v) is 3.39. The van der Waals surface area contributed by atoms with Gasteiger partial charge < -0.3 is 20.1 Å². The Labute approximate surface area is 158 Å². The Kier molecular flexibility index (Phi) is 4.66. The van der Waals surface area contributed by atoms with Gasteiger partial charge in [-0.1, -0.05) is 0 Å². The lowest BCUT2D eigenvalue weighted by Crippen LogP contribution is -2.51. The number of carbonyl (C=O) groups excluding carboxylic acids is 1. The van der Waals surface area contributed by atoms with E-state index in [1.54, 1.807) is 6.20 Å². The van der Waals surface area contributed by atoms with Crippen molar-refractivity contribution in [2.75, 3.05) is 31.1 Å². The first-order valence-electron chi connectivity index (χ1n) is 9.24. The van der Waals surface area contributed by atoms with Gasteiger partial charge in [0.05, 0.1) is 29.5 Å². The highest BCUT2D eigenvalue weighted by molar-refractivity contribution is 5.77. The minimum atomic E-state index is -0.0475. The number of rotatable bonds is 3. The number of amides is 2. The summed E-state index contributed by atoms with van der Waals surface area (Å²) in [5.74, 6) is 0.775. The first-order chi connectivity index (χ1) is 13.1. The minimum Gasteiger partial charge on any atom is -0.367 e. The van der Waals surface area contributed by atoms with Crippen molar-refractivity contribution >= 4 is 22.8 Å². The first-order valence-corrected chi connectivity index (χ1v) is 9.24. The monoisotopic (exact) mass is 364 g/mol. The zero-order valence-corrected chi connectivity index (χ0v) is 15.7. The number of aromatic nitrogens is 3. The smallest absolute Gasteiger partial charge is 0.317 e. The number of anilines is 1. The van der Waals surface area contributed by atoms with Crippen LogP contribution >= 0.6 is 0 Å². The van der Waals surface area contributed by atoms with Gasteiger partial charge in [-0.3, -0.25) is 4.98 Å². The van der Waals surface area contributed by atoms with E-state index in [1.807, 2.05) is 23.2 Å². The summed E-state index contributed by atoms with van der Waals surface area (Å²) in [7, 11) is 0. The second kappa shape index (κ2) is 7.26. The second-order valence-corrected chi connectivity index (χ2v) is 6.98. The number of carbonyl (C=O) groups is 1. The molecule has 7 heteroatoms. The minimum absolute atomic E-state index is 0.0475. The van der Waals surface area contributed by atoms with Gasteiger partial charge in [-0.25, -0.2) is 9.78 Å². The molecule has 0 atom stereocenters. The highest BCUT2D eigenvalue weighted by atomic mass is 16.2. The molecule has 3 heterocycles. The Hall–Kier alpha value is -3.09. The summed E-state index contributed by atoms with van der Waals surface area (Å²) in [6, 6.07) is 8.11. The van der Waals surface area contributed by atoms with Gasteiger partial charge in [0, 0.05) is 32.4 Å². The van der Waals surface area contributed by atoms with E-state index in [2.05, 4.69) is 51.1 Å². The zero-order chi connectivity index (χ0) is 18.8. The molecule has 2 amide bonds. The van der Waals surface area contributed by atoms with Crippen LogP contribution in [0.2, 0.25) is 0 Å². The molecule has 1 saturated heterocycles. The third kappa shape index (κ3) is 3.72. The van der Waals surface area contributed by atoms with E-state index in [0.29, 0.717) is 19.6 Å². The molecule has 27 heavy (non-hydrogen) atoms. The van der Waals surface area contributed by atoms with E-state index in [-0.39, 0.29) is 6.03 Å². The summed E-state index contributed by atoms with van der Waals surface area (Å²) < 4.78 is 0. The largest absolute Gasteiger partial charge is 0.367 e. The summed E-state index contributed by atoms with van der Waals surface area (Å²) in [5, 5.41) is 2.98. The van der Waals surface area contributed by atoms with Crippen LogP contribution in [0.3, 0.4) is 0 Å². The average Bonchev–Trinajstić information content (AvgIpc) is 3.09. The van der Waals surface area contributed by atoms with Crippen LogP contribution in [0, 0.1) is 13.8 Å². The van der Waals surface area contributed by atoms with Gasteiger partial charge in [-0.2, -0.15) is 0 Å². The first kappa shape index (κ1) is 17.3. The summed E-state index contributed by atoms with van der Waals surface area (Å²) in [6.07, 6.45) is 3.63. The van der Waals surface area contributed by atoms with Crippen LogP contribution < -0.4 is 10.2 Å². The number of imidazole rings is 1. The summed E-state index contributed by atoms with van der Waals surface area (Å²) in [6.45, 7) is 7.57. The number of fused-ring (bicyclic) bond motifs is 1. The third-order valence-corrected chi connectivity index (χ3v) is 5.13. The maximum Gasteiger partial charge on any atom is 0.317 e. The molecule has 0 bridgehead atoms. The fraction of sp³-hybridized carbons (Fsp3) is 0.350. The van der Waals surface area contributed by atoms with Crippen LogP contribution in [0.25, 0.3) is 11.0 Å². The molecule has 1 fully saturated rings. The van der Waals surface area contributed by atoms with Crippen LogP contribution in [0.4, 0.5) is 10.5 Å². The molecule has 4 rings (SSSR count). The Balaban J connectivity index is 1.32. The standard InChI is InChI=1S/C20H24N6O/c1-14-10-17-18(11-15(14)2)24-19(23-17)13-22-20(27)26-8-6-25(7-9-26)16-4-3-5-21-12-16/h3-5,10-12H,6-9,13H2,1-2H3,(H,22,27)(H,23,24). The molecule has 1 aliphatic rings. The van der Waals surface area contributed by atoms with Gasteiger partial charge in [0.2, 0.25) is 0 Å². The number of urea groups is 1. The number of pyridine rings is 1. The molecule has 0 radical (unpaired) electrons. The Morgan fingerprint density at radius 1 is 1.19 bits per heavy atom. The van der Waals surface area contributed by atoms with Crippen LogP contribution in [-0.2, 0) is 6.54 Å². The second-order valence-electron chi connectivity index (χ2n) is 6.98. The summed E-state index contributed by atoms with van der Waals surface area (Å²) >= 11 is 0. The number of nitrogens with zero attached hydrogens (tertiary/aromatic N) is 4. The van der Waals surface area contributed by atoms with E-state index in [0.717, 1.165) is 35.6 Å². The van der Waals surface area contributed by atoms with Crippen molar-refractivity contribution in [3.8, 4) is 0 Å². The van der Waals surface area contributed by atoms with Crippen LogP contribution in [0.15, 0.2) is 36.7 Å². The van der Waals surface area contributed by atoms with Crippen molar-refractivity contribution in [1.29, 1.82) is 0 Å². The van der Waals surface area contributed by atoms with E-state index >= 15 is 0 Å². The number of hydrogen-bond donors (Lipinski definition) is 2. The number of piperazine rings is 1. The topological polar surface area (TPSA) is 77.2 Å². The quantitative estimate of drug-likeness (QED) is 0.749. The molecule has 140 valence electrons. The molecule has 0 saturated carbocycles. The Morgan fingerprint density at radius 2 is 1.96 bits per heavy atom. The zero-order valence-electron chi connectivity index (χ0n) is 15.7. The van der Waals surface area contributed by atoms with Crippen LogP contribution in [0.1, 0.15) is 17.0 Å². The van der Waals surface area contributed by atoms with Crippen molar-refractivity contribution in [1.82, 2.24) is 25.2 Å². The molecule has 2 N–H and O–H groups in total. The summed E-state index contributed by atoms with van der Waals surface area (Å²) in [5.41, 5.74) is 5.49. The predicted octanol–water partition coefficient (Wildman–Crippen LogP) is 2.61. The lowest BCUT2D eigenvalue weighted by Gasteiger charge is -2.35. The highest BCUT2D eigenvalue weighted by Crippen LogP contribution is 2.17. The number of hydrogen-bond acceptors (Lipinski definition) is 4. The van der Waals surface area contributed by atoms with E-state index in [4.69, 9.17) is 0 Å². The van der Waals surface area contributed by atoms with Gasteiger partial charge in [0.1, 0.15) is 5.82 Å². The molecule has 0 unspecified atom stereocenters. The highest BCUT2D eigenvalue weighted by Gasteiger charge is 2.21. The number of H-pyrrole nitrogens is 1. The van der Waals surface area contributed by atoms with Gasteiger partial charge in [-0.15, -0.1) is 0 Å². The maximum atomic E-state index is 12.5. The summed E-state index contributed by atoms with van der Waals surface area (Å²) in [4.78, 5) is 28.6. The molecule has 2 aromatic heterocycles. The van der Waals surface area contributed by atoms with Crippen molar-refractivity contribution in [3.05, 3.63) is 53.6 Å². The lowest BCUT2D eigenvalue weighted by molar-refractivity contribution is 0.193. The van der Waals surface area contributed by atoms with Gasteiger partial charge in [-0.05, 0) is 49.2 Å². The van der Waals surface area contributed by atoms with Gasteiger partial charge >= 0.3 is 6.03 Å². The predicted molar refractivity (Wildman–Crippen MR) is 106 cm³/mol. The Bertz CT molecular complexity index is 905. The number of aromatic amines is 1. The number of nitrogens with one attached hydrogen (secondary N) is 2.